The fraction of sp³-hybridized carbons (Fsp3) is 0.938. The van der Waals surface area contributed by atoms with Crippen molar-refractivity contribution in [1.82, 2.24) is 10.2 Å². The molecule has 0 amide bonds. The molecule has 1 aliphatic heterocycles. The largest absolute Gasteiger partial charge is 0.480 e. The van der Waals surface area contributed by atoms with Crippen LogP contribution < -0.4 is 5.32 Å². The van der Waals surface area contributed by atoms with Gasteiger partial charge in [-0.1, -0.05) is 0 Å². The van der Waals surface area contributed by atoms with Crippen LogP contribution in [0.2, 0.25) is 0 Å². The van der Waals surface area contributed by atoms with Gasteiger partial charge in [0.05, 0.1) is 6.61 Å². The van der Waals surface area contributed by atoms with E-state index in [-0.39, 0.29) is 6.04 Å². The molecule has 0 radical (unpaired) electrons. The van der Waals surface area contributed by atoms with Crippen LogP contribution in [-0.2, 0) is 9.53 Å². The molecule has 0 aromatic rings. The van der Waals surface area contributed by atoms with Crippen molar-refractivity contribution in [2.75, 3.05) is 26.8 Å². The maximum absolute atomic E-state index is 11.7. The van der Waals surface area contributed by atoms with Crippen molar-refractivity contribution in [1.29, 1.82) is 0 Å². The zero-order valence-corrected chi connectivity index (χ0v) is 13.6. The number of carboxylic acids is 1. The van der Waals surface area contributed by atoms with Gasteiger partial charge in [0.2, 0.25) is 0 Å². The van der Waals surface area contributed by atoms with Gasteiger partial charge in [-0.25, -0.2) is 0 Å². The van der Waals surface area contributed by atoms with E-state index in [0.717, 1.165) is 39.0 Å². The van der Waals surface area contributed by atoms with Crippen molar-refractivity contribution < 1.29 is 14.6 Å². The molecular formula is C16H30N2O3. The lowest BCUT2D eigenvalue weighted by Gasteiger charge is -2.33. The predicted octanol–water partition coefficient (Wildman–Crippen LogP) is 1.72. The topological polar surface area (TPSA) is 61.8 Å². The van der Waals surface area contributed by atoms with Gasteiger partial charge in [0.25, 0.3) is 0 Å². The first-order chi connectivity index (χ1) is 9.93. The first-order valence-electron chi connectivity index (χ1n) is 8.22. The first-order valence-corrected chi connectivity index (χ1v) is 8.22. The van der Waals surface area contributed by atoms with Crippen LogP contribution in [0, 0.1) is 5.92 Å². The van der Waals surface area contributed by atoms with E-state index in [9.17, 15) is 9.90 Å². The molecule has 0 aromatic heterocycles. The fourth-order valence-electron chi connectivity index (χ4n) is 3.84. The summed E-state index contributed by atoms with van der Waals surface area (Å²) in [4.78, 5) is 14.1. The molecule has 1 aliphatic carbocycles. The van der Waals surface area contributed by atoms with Crippen LogP contribution in [0.5, 0.6) is 0 Å². The lowest BCUT2D eigenvalue weighted by Crippen LogP contribution is -2.54. The van der Waals surface area contributed by atoms with Gasteiger partial charge in [-0.2, -0.15) is 0 Å². The minimum atomic E-state index is -0.740. The first kappa shape index (κ1) is 16.7. The van der Waals surface area contributed by atoms with Gasteiger partial charge in [0.1, 0.15) is 5.54 Å². The minimum Gasteiger partial charge on any atom is -0.480 e. The summed E-state index contributed by atoms with van der Waals surface area (Å²) in [6.45, 7) is 6.79. The Labute approximate surface area is 128 Å². The number of nitrogens with one attached hydrogen (secondary N) is 1. The second kappa shape index (κ2) is 7.07. The van der Waals surface area contributed by atoms with Gasteiger partial charge < -0.3 is 14.7 Å². The van der Waals surface area contributed by atoms with Crippen LogP contribution in [-0.4, -0.2) is 60.4 Å². The summed E-state index contributed by atoms with van der Waals surface area (Å²) in [6.07, 6.45) is 4.75. The maximum Gasteiger partial charge on any atom is 0.323 e. The molecule has 21 heavy (non-hydrogen) atoms. The summed E-state index contributed by atoms with van der Waals surface area (Å²) < 4.78 is 5.54. The Balaban J connectivity index is 1.91. The van der Waals surface area contributed by atoms with Crippen LogP contribution in [0.25, 0.3) is 0 Å². The van der Waals surface area contributed by atoms with Crippen molar-refractivity contribution in [3.8, 4) is 0 Å². The number of rotatable bonds is 6. The van der Waals surface area contributed by atoms with E-state index >= 15 is 0 Å². The summed E-state index contributed by atoms with van der Waals surface area (Å²) >= 11 is 0. The molecule has 3 unspecified atom stereocenters. The number of hydrogen-bond acceptors (Lipinski definition) is 4. The van der Waals surface area contributed by atoms with Crippen LogP contribution in [0.15, 0.2) is 0 Å². The van der Waals surface area contributed by atoms with E-state index in [1.807, 2.05) is 13.8 Å². The third kappa shape index (κ3) is 4.18. The second-order valence-electron chi connectivity index (χ2n) is 7.11. The normalized spacial score (nSPS) is 33.8. The van der Waals surface area contributed by atoms with Gasteiger partial charge in [0, 0.05) is 25.2 Å². The van der Waals surface area contributed by atoms with Gasteiger partial charge in [-0.05, 0) is 58.9 Å². The quantitative estimate of drug-likeness (QED) is 0.782. The highest BCUT2D eigenvalue weighted by Crippen LogP contribution is 2.34. The van der Waals surface area contributed by atoms with Crippen molar-refractivity contribution in [2.45, 2.75) is 63.6 Å². The van der Waals surface area contributed by atoms with Crippen molar-refractivity contribution in [3.63, 3.8) is 0 Å². The number of nitrogens with zero attached hydrogens (tertiary/aromatic N) is 1. The molecule has 0 bridgehead atoms. The van der Waals surface area contributed by atoms with E-state index in [0.29, 0.717) is 18.4 Å². The van der Waals surface area contributed by atoms with Crippen molar-refractivity contribution >= 4 is 5.97 Å². The Morgan fingerprint density at radius 1 is 1.48 bits per heavy atom. The molecule has 1 saturated carbocycles. The standard InChI is InChI=1S/C16H30N2O3/c1-12(2)17-16(15(19)20)7-6-14(9-16)18(3)10-13-5-4-8-21-11-13/h12-14,17H,4-11H2,1-3H3,(H,19,20). The molecule has 3 atom stereocenters. The summed E-state index contributed by atoms with van der Waals surface area (Å²) in [5.74, 6) is -0.102. The minimum absolute atomic E-state index is 0.192. The molecular weight excluding hydrogens is 268 g/mol. The van der Waals surface area contributed by atoms with E-state index in [4.69, 9.17) is 4.74 Å². The molecule has 1 heterocycles. The summed E-state index contributed by atoms with van der Waals surface area (Å²) in [5.41, 5.74) is -0.740. The third-order valence-corrected chi connectivity index (χ3v) is 4.89. The van der Waals surface area contributed by atoms with E-state index < -0.39 is 11.5 Å². The molecule has 2 N–H and O–H groups in total. The monoisotopic (exact) mass is 298 g/mol. The predicted molar refractivity (Wildman–Crippen MR) is 82.5 cm³/mol. The van der Waals surface area contributed by atoms with Crippen LogP contribution in [0.3, 0.4) is 0 Å². The third-order valence-electron chi connectivity index (χ3n) is 4.89. The highest BCUT2D eigenvalue weighted by atomic mass is 16.5. The SMILES string of the molecule is CC(C)NC1(C(=O)O)CCC(N(C)CC2CCCOC2)C1. The van der Waals surface area contributed by atoms with Crippen molar-refractivity contribution in [2.24, 2.45) is 5.92 Å². The highest BCUT2D eigenvalue weighted by Gasteiger charge is 2.46. The summed E-state index contributed by atoms with van der Waals surface area (Å²) in [6, 6.07) is 0.547. The van der Waals surface area contributed by atoms with Gasteiger partial charge in [-0.3, -0.25) is 10.1 Å². The molecule has 5 heteroatoms. The molecule has 5 nitrogen and oxygen atoms in total. The molecule has 1 saturated heterocycles. The highest BCUT2D eigenvalue weighted by molar-refractivity contribution is 5.79. The van der Waals surface area contributed by atoms with Crippen LogP contribution in [0.4, 0.5) is 0 Å². The molecule has 0 spiro atoms. The van der Waals surface area contributed by atoms with E-state index in [2.05, 4.69) is 17.3 Å². The van der Waals surface area contributed by atoms with Gasteiger partial charge >= 0.3 is 5.97 Å². The van der Waals surface area contributed by atoms with Crippen LogP contribution >= 0.6 is 0 Å². The molecule has 0 aromatic carbocycles. The molecule has 2 rings (SSSR count). The Bertz CT molecular complexity index is 355. The summed E-state index contributed by atoms with van der Waals surface area (Å²) in [5, 5.41) is 12.9. The Kier molecular flexibility index (Phi) is 5.63. The van der Waals surface area contributed by atoms with Gasteiger partial charge in [0.15, 0.2) is 0 Å². The number of aliphatic carboxylic acids is 1. The number of hydrogen-bond donors (Lipinski definition) is 2. The Hall–Kier alpha value is -0.650. The van der Waals surface area contributed by atoms with Crippen molar-refractivity contribution in [3.05, 3.63) is 0 Å². The smallest absolute Gasteiger partial charge is 0.323 e. The molecule has 122 valence electrons. The summed E-state index contributed by atoms with van der Waals surface area (Å²) in [7, 11) is 2.13. The lowest BCUT2D eigenvalue weighted by atomic mass is 9.95. The Morgan fingerprint density at radius 2 is 2.24 bits per heavy atom. The molecule has 2 fully saturated rings. The number of carbonyl (C=O) groups is 1. The second-order valence-corrected chi connectivity index (χ2v) is 7.11. The lowest BCUT2D eigenvalue weighted by molar-refractivity contribution is -0.145. The van der Waals surface area contributed by atoms with Crippen LogP contribution in [0.1, 0.15) is 46.0 Å². The number of ether oxygens (including phenoxy) is 1. The Morgan fingerprint density at radius 3 is 2.81 bits per heavy atom. The average molecular weight is 298 g/mol. The van der Waals surface area contributed by atoms with E-state index in [1.54, 1.807) is 0 Å². The maximum atomic E-state index is 11.7. The number of carboxylic acid groups (broad SMARTS) is 1. The van der Waals surface area contributed by atoms with Gasteiger partial charge in [-0.15, -0.1) is 0 Å². The fourth-order valence-corrected chi connectivity index (χ4v) is 3.84. The van der Waals surface area contributed by atoms with E-state index in [1.165, 1.54) is 6.42 Å². The zero-order valence-electron chi connectivity index (χ0n) is 13.6. The molecule has 2 aliphatic rings. The average Bonchev–Trinajstić information content (AvgIpc) is 2.85. The zero-order chi connectivity index (χ0) is 15.5.